The van der Waals surface area contributed by atoms with Gasteiger partial charge in [-0.1, -0.05) is 12.1 Å². The molecule has 0 spiro atoms. The largest absolute Gasteiger partial charge is 0.481 e. The minimum Gasteiger partial charge on any atom is -0.481 e. The molecule has 0 unspecified atom stereocenters. The first kappa shape index (κ1) is 21.4. The summed E-state index contributed by atoms with van der Waals surface area (Å²) in [7, 11) is -3.40. The molecule has 1 aliphatic rings. The number of aliphatic carboxylic acids is 1. The summed E-state index contributed by atoms with van der Waals surface area (Å²) in [5.74, 6) is -1.21. The molecule has 0 aliphatic heterocycles. The van der Waals surface area contributed by atoms with Gasteiger partial charge in [0.15, 0.2) is 0 Å². The van der Waals surface area contributed by atoms with E-state index in [1.807, 2.05) is 0 Å². The molecule has 0 saturated heterocycles. The number of carboxylic acid groups (broad SMARTS) is 1. The van der Waals surface area contributed by atoms with Gasteiger partial charge in [-0.05, 0) is 64.2 Å². The molecule has 1 fully saturated rings. The van der Waals surface area contributed by atoms with Crippen LogP contribution in [0.3, 0.4) is 0 Å². The summed E-state index contributed by atoms with van der Waals surface area (Å²) >= 11 is 0. The number of hydrogen-bond acceptors (Lipinski definition) is 4. The number of benzene rings is 1. The van der Waals surface area contributed by atoms with E-state index < -0.39 is 20.7 Å². The molecule has 27 heavy (non-hydrogen) atoms. The van der Waals surface area contributed by atoms with Crippen molar-refractivity contribution in [2.24, 2.45) is 5.92 Å². The Morgan fingerprint density at radius 3 is 2.33 bits per heavy atom. The predicted molar refractivity (Wildman–Crippen MR) is 104 cm³/mol. The highest BCUT2D eigenvalue weighted by atomic mass is 32.2. The van der Waals surface area contributed by atoms with Gasteiger partial charge < -0.3 is 10.4 Å². The number of amides is 1. The molecule has 0 radical (unpaired) electrons. The minimum atomic E-state index is -3.40. The van der Waals surface area contributed by atoms with E-state index in [4.69, 9.17) is 5.11 Å². The third-order valence-corrected chi connectivity index (χ3v) is 7.03. The molecule has 8 heteroatoms. The third kappa shape index (κ3) is 6.04. The molecule has 0 atom stereocenters. The number of anilines is 1. The third-order valence-electron chi connectivity index (χ3n) is 4.78. The lowest BCUT2D eigenvalue weighted by Crippen LogP contribution is -2.46. The normalized spacial score (nSPS) is 20.9. The van der Waals surface area contributed by atoms with E-state index in [1.54, 1.807) is 45.0 Å². The van der Waals surface area contributed by atoms with Crippen LogP contribution in [0.1, 0.15) is 52.0 Å². The monoisotopic (exact) mass is 396 g/mol. The number of hydrogen-bond donors (Lipinski definition) is 3. The van der Waals surface area contributed by atoms with Crippen LogP contribution in [-0.4, -0.2) is 36.2 Å². The second kappa shape index (κ2) is 8.39. The molecule has 2 rings (SSSR count). The molecule has 150 valence electrons. The van der Waals surface area contributed by atoms with E-state index in [-0.39, 0.29) is 24.3 Å². The summed E-state index contributed by atoms with van der Waals surface area (Å²) in [4.78, 5) is 23.3. The number of sulfonamides is 1. The van der Waals surface area contributed by atoms with Crippen molar-refractivity contribution < 1.29 is 23.1 Å². The van der Waals surface area contributed by atoms with E-state index in [2.05, 4.69) is 10.0 Å². The molecule has 0 bridgehead atoms. The van der Waals surface area contributed by atoms with Gasteiger partial charge in [0.1, 0.15) is 0 Å². The topological polar surface area (TPSA) is 113 Å². The average molecular weight is 397 g/mol. The van der Waals surface area contributed by atoms with Crippen LogP contribution in [0.25, 0.3) is 0 Å². The second-order valence-corrected chi connectivity index (χ2v) is 10.5. The first-order valence-corrected chi connectivity index (χ1v) is 10.6. The van der Waals surface area contributed by atoms with Crippen LogP contribution in [0.4, 0.5) is 5.69 Å². The van der Waals surface area contributed by atoms with Crippen LogP contribution in [0.5, 0.6) is 0 Å². The van der Waals surface area contributed by atoms with Crippen molar-refractivity contribution in [3.8, 4) is 0 Å². The van der Waals surface area contributed by atoms with Crippen molar-refractivity contribution in [2.75, 3.05) is 5.32 Å². The van der Waals surface area contributed by atoms with E-state index in [0.29, 0.717) is 36.9 Å². The highest BCUT2D eigenvalue weighted by molar-refractivity contribution is 7.90. The molecule has 1 amide bonds. The maximum atomic E-state index is 12.5. The Bertz CT molecular complexity index is 791. The molecule has 1 aromatic carbocycles. The summed E-state index contributed by atoms with van der Waals surface area (Å²) in [5.41, 5.74) is 1.20. The first-order valence-electron chi connectivity index (χ1n) is 9.11. The molecule has 3 N–H and O–H groups in total. The fourth-order valence-corrected chi connectivity index (χ4v) is 4.08. The summed E-state index contributed by atoms with van der Waals surface area (Å²) in [6.45, 7) is 4.98. The van der Waals surface area contributed by atoms with Crippen molar-refractivity contribution in [1.29, 1.82) is 0 Å². The van der Waals surface area contributed by atoms with Gasteiger partial charge in [-0.15, -0.1) is 0 Å². The quantitative estimate of drug-likeness (QED) is 0.684. The van der Waals surface area contributed by atoms with Crippen molar-refractivity contribution in [3.63, 3.8) is 0 Å². The van der Waals surface area contributed by atoms with Crippen LogP contribution in [0.2, 0.25) is 0 Å². The van der Waals surface area contributed by atoms with Gasteiger partial charge >= 0.3 is 5.97 Å². The smallest absolute Gasteiger partial charge is 0.307 e. The molecule has 1 aliphatic carbocycles. The van der Waals surface area contributed by atoms with Crippen LogP contribution >= 0.6 is 0 Å². The zero-order valence-corrected chi connectivity index (χ0v) is 16.8. The highest BCUT2D eigenvalue weighted by Crippen LogP contribution is 2.27. The van der Waals surface area contributed by atoms with Crippen molar-refractivity contribution in [1.82, 2.24) is 4.72 Å². The SMILES string of the molecule is CC(C)(C)S(=O)(=O)N[C@H]1CC[C@H](C(=O)Nc2cccc(CC(=O)O)c2)CC1. The molecule has 0 heterocycles. The maximum Gasteiger partial charge on any atom is 0.307 e. The van der Waals surface area contributed by atoms with Gasteiger partial charge in [-0.3, -0.25) is 9.59 Å². The van der Waals surface area contributed by atoms with Crippen LogP contribution in [0.15, 0.2) is 24.3 Å². The summed E-state index contributed by atoms with van der Waals surface area (Å²) in [6.07, 6.45) is 2.36. The minimum absolute atomic E-state index is 0.0945. The average Bonchev–Trinajstić information content (AvgIpc) is 2.53. The van der Waals surface area contributed by atoms with E-state index >= 15 is 0 Å². The number of rotatable bonds is 6. The molecular weight excluding hydrogens is 368 g/mol. The van der Waals surface area contributed by atoms with E-state index in [0.717, 1.165) is 0 Å². The number of nitrogens with one attached hydrogen (secondary N) is 2. The number of carbonyl (C=O) groups is 2. The Morgan fingerprint density at radius 2 is 1.78 bits per heavy atom. The summed E-state index contributed by atoms with van der Waals surface area (Å²) in [5, 5.41) is 11.7. The van der Waals surface area contributed by atoms with Crippen molar-refractivity contribution >= 4 is 27.6 Å². The predicted octanol–water partition coefficient (Wildman–Crippen LogP) is 2.53. The van der Waals surface area contributed by atoms with Crippen LogP contribution in [-0.2, 0) is 26.0 Å². The zero-order chi connectivity index (χ0) is 20.2. The summed E-state index contributed by atoms with van der Waals surface area (Å²) in [6, 6.07) is 6.67. The van der Waals surface area contributed by atoms with Crippen LogP contribution in [0, 0.1) is 5.92 Å². The second-order valence-electron chi connectivity index (χ2n) is 8.04. The van der Waals surface area contributed by atoms with Gasteiger partial charge in [0.2, 0.25) is 15.9 Å². The van der Waals surface area contributed by atoms with E-state index in [9.17, 15) is 18.0 Å². The lowest BCUT2D eigenvalue weighted by Gasteiger charge is -2.30. The zero-order valence-electron chi connectivity index (χ0n) is 16.0. The highest BCUT2D eigenvalue weighted by Gasteiger charge is 2.34. The van der Waals surface area contributed by atoms with Gasteiger partial charge in [0.05, 0.1) is 11.2 Å². The fourth-order valence-electron chi connectivity index (χ4n) is 3.05. The molecule has 1 aromatic rings. The molecule has 1 saturated carbocycles. The standard InChI is InChI=1S/C19H28N2O5S/c1-19(2,3)27(25,26)21-15-9-7-14(8-10-15)18(24)20-16-6-4-5-13(11-16)12-17(22)23/h4-6,11,14-15,21H,7-10,12H2,1-3H3,(H,20,24)(H,22,23)/t14-,15-. The Hall–Kier alpha value is -1.93. The van der Waals surface area contributed by atoms with Crippen molar-refractivity contribution in [2.45, 2.75) is 63.7 Å². The van der Waals surface area contributed by atoms with Gasteiger partial charge in [0.25, 0.3) is 0 Å². The van der Waals surface area contributed by atoms with Crippen LogP contribution < -0.4 is 10.0 Å². The molecule has 7 nitrogen and oxygen atoms in total. The fraction of sp³-hybridized carbons (Fsp3) is 0.579. The van der Waals surface area contributed by atoms with Gasteiger partial charge in [-0.25, -0.2) is 13.1 Å². The maximum absolute atomic E-state index is 12.5. The Kier molecular flexibility index (Phi) is 6.64. The van der Waals surface area contributed by atoms with E-state index in [1.165, 1.54) is 0 Å². The van der Waals surface area contributed by atoms with Crippen molar-refractivity contribution in [3.05, 3.63) is 29.8 Å². The van der Waals surface area contributed by atoms with Gasteiger partial charge in [-0.2, -0.15) is 0 Å². The summed E-state index contributed by atoms with van der Waals surface area (Å²) < 4.78 is 26.4. The molecule has 0 aromatic heterocycles. The molecular formula is C19H28N2O5S. The Morgan fingerprint density at radius 1 is 1.15 bits per heavy atom. The Balaban J connectivity index is 1.89. The first-order chi connectivity index (χ1) is 12.5. The Labute approximate surface area is 160 Å². The number of carbonyl (C=O) groups excluding carboxylic acids is 1. The lowest BCUT2D eigenvalue weighted by atomic mass is 9.86. The lowest BCUT2D eigenvalue weighted by molar-refractivity contribution is -0.136. The van der Waals surface area contributed by atoms with Gasteiger partial charge in [0, 0.05) is 17.6 Å². The number of carboxylic acids is 1.